The van der Waals surface area contributed by atoms with E-state index in [9.17, 15) is 14.7 Å². The van der Waals surface area contributed by atoms with Gasteiger partial charge < -0.3 is 16.2 Å². The maximum absolute atomic E-state index is 12.9. The third kappa shape index (κ3) is 8.66. The summed E-state index contributed by atoms with van der Waals surface area (Å²) in [4.78, 5) is 29.9. The number of rotatable bonds is 10. The van der Waals surface area contributed by atoms with Gasteiger partial charge >= 0.3 is 5.97 Å². The first-order chi connectivity index (χ1) is 17.2. The lowest BCUT2D eigenvalue weighted by molar-refractivity contribution is -0.139. The van der Waals surface area contributed by atoms with E-state index in [1.54, 1.807) is 13.0 Å². The van der Waals surface area contributed by atoms with Crippen LogP contribution in [-0.4, -0.2) is 35.4 Å². The molecule has 6 nitrogen and oxygen atoms in total. The molecule has 3 aromatic rings. The van der Waals surface area contributed by atoms with Crippen LogP contribution in [0, 0.1) is 0 Å². The smallest absolute Gasteiger partial charge is 0.326 e. The quantitative estimate of drug-likeness (QED) is 0.151. The summed E-state index contributed by atoms with van der Waals surface area (Å²) in [5.41, 5.74) is 7.53. The number of aliphatic carboxylic acids is 1. The lowest BCUT2D eigenvalue weighted by atomic mass is 9.90. The molecule has 3 rings (SSSR count). The van der Waals surface area contributed by atoms with E-state index in [-0.39, 0.29) is 12.3 Å². The molecular formula is C27H31Cl2N3O3S. The second-order valence-corrected chi connectivity index (χ2v) is 9.76. The van der Waals surface area contributed by atoms with Crippen molar-refractivity contribution >= 4 is 52.3 Å². The number of carbonyl (C=O) groups excluding carboxylic acids is 1. The minimum Gasteiger partial charge on any atom is -0.480 e. The number of carboxylic acid groups (broad SMARTS) is 1. The van der Waals surface area contributed by atoms with E-state index in [0.717, 1.165) is 16.0 Å². The van der Waals surface area contributed by atoms with Gasteiger partial charge in [0.2, 0.25) is 0 Å². The third-order valence-corrected chi connectivity index (χ3v) is 6.81. The number of nitrogens with two attached hydrogens (primary N) is 1. The molecule has 0 saturated heterocycles. The topological polar surface area (TPSA) is 105 Å². The molecule has 1 aromatic heterocycles. The fraction of sp³-hybridized carbons (Fsp3) is 0.296. The van der Waals surface area contributed by atoms with Crippen molar-refractivity contribution < 1.29 is 14.7 Å². The normalized spacial score (nSPS) is 12.0. The number of carboxylic acids is 1. The van der Waals surface area contributed by atoms with Crippen molar-refractivity contribution in [2.75, 3.05) is 6.54 Å². The van der Waals surface area contributed by atoms with Crippen LogP contribution < -0.4 is 11.1 Å². The predicted molar refractivity (Wildman–Crippen MR) is 150 cm³/mol. The minimum absolute atomic E-state index is 0.131. The molecule has 9 heteroatoms. The van der Waals surface area contributed by atoms with Crippen LogP contribution in [0.1, 0.15) is 65.2 Å². The Balaban J connectivity index is 0.00000222. The zero-order valence-electron chi connectivity index (χ0n) is 20.5. The van der Waals surface area contributed by atoms with E-state index in [4.69, 9.17) is 28.9 Å². The molecule has 2 aromatic carbocycles. The SMILES string of the molecule is CC.CC(N)=NCCCC(NC(=O)c1ccc(C(c2ccc(Cl)cc2)c2ccc(Cl)cc2)s1)C(=O)O. The van der Waals surface area contributed by atoms with Gasteiger partial charge in [0.15, 0.2) is 0 Å². The Morgan fingerprint density at radius 1 is 0.972 bits per heavy atom. The van der Waals surface area contributed by atoms with Gasteiger partial charge in [0.1, 0.15) is 6.04 Å². The summed E-state index contributed by atoms with van der Waals surface area (Å²) in [6.07, 6.45) is 0.755. The van der Waals surface area contributed by atoms with Crippen LogP contribution in [0.15, 0.2) is 65.7 Å². The lowest BCUT2D eigenvalue weighted by Crippen LogP contribution is -2.40. The summed E-state index contributed by atoms with van der Waals surface area (Å²) in [5, 5.41) is 13.4. The number of halogens is 2. The predicted octanol–water partition coefficient (Wildman–Crippen LogP) is 6.60. The highest BCUT2D eigenvalue weighted by Crippen LogP contribution is 2.37. The number of amidine groups is 1. The summed E-state index contributed by atoms with van der Waals surface area (Å²) < 4.78 is 0. The molecule has 0 radical (unpaired) electrons. The highest BCUT2D eigenvalue weighted by Gasteiger charge is 2.24. The van der Waals surface area contributed by atoms with E-state index < -0.39 is 17.9 Å². The Hall–Kier alpha value is -2.87. The molecule has 192 valence electrons. The Morgan fingerprint density at radius 3 is 1.97 bits per heavy atom. The van der Waals surface area contributed by atoms with Gasteiger partial charge in [-0.25, -0.2) is 4.79 Å². The van der Waals surface area contributed by atoms with Crippen LogP contribution in [0.25, 0.3) is 0 Å². The number of benzene rings is 2. The Labute approximate surface area is 226 Å². The van der Waals surface area contributed by atoms with E-state index in [2.05, 4.69) is 10.3 Å². The number of thiophene rings is 1. The van der Waals surface area contributed by atoms with Crippen molar-refractivity contribution in [1.82, 2.24) is 5.32 Å². The first kappa shape index (κ1) is 29.4. The summed E-state index contributed by atoms with van der Waals surface area (Å²) in [6, 6.07) is 17.7. The Kier molecular flexibility index (Phi) is 11.9. The fourth-order valence-corrected chi connectivity index (χ4v) is 4.82. The largest absolute Gasteiger partial charge is 0.480 e. The molecule has 1 unspecified atom stereocenters. The molecule has 4 N–H and O–H groups in total. The number of nitrogens with one attached hydrogen (secondary N) is 1. The van der Waals surface area contributed by atoms with E-state index in [0.29, 0.717) is 33.7 Å². The molecule has 0 aliphatic carbocycles. The molecule has 0 spiro atoms. The van der Waals surface area contributed by atoms with E-state index >= 15 is 0 Å². The molecule has 0 aliphatic heterocycles. The van der Waals surface area contributed by atoms with Crippen LogP contribution in [0.4, 0.5) is 0 Å². The van der Waals surface area contributed by atoms with E-state index in [1.807, 2.05) is 68.4 Å². The van der Waals surface area contributed by atoms with Crippen LogP contribution in [0.5, 0.6) is 0 Å². The molecule has 0 bridgehead atoms. The number of carbonyl (C=O) groups is 2. The van der Waals surface area contributed by atoms with Crippen molar-refractivity contribution in [3.05, 3.63) is 91.6 Å². The Morgan fingerprint density at radius 2 is 1.50 bits per heavy atom. The van der Waals surface area contributed by atoms with Crippen molar-refractivity contribution in [2.24, 2.45) is 10.7 Å². The number of hydrogen-bond donors (Lipinski definition) is 3. The van der Waals surface area contributed by atoms with Crippen LogP contribution in [-0.2, 0) is 4.79 Å². The van der Waals surface area contributed by atoms with Gasteiger partial charge in [-0.3, -0.25) is 9.79 Å². The number of hydrogen-bond acceptors (Lipinski definition) is 4. The molecule has 36 heavy (non-hydrogen) atoms. The summed E-state index contributed by atoms with van der Waals surface area (Å²) in [5.74, 6) is -1.20. The van der Waals surface area contributed by atoms with Crippen LogP contribution in [0.3, 0.4) is 0 Å². The first-order valence-electron chi connectivity index (χ1n) is 11.7. The van der Waals surface area contributed by atoms with Crippen LogP contribution >= 0.6 is 34.5 Å². The lowest BCUT2D eigenvalue weighted by Gasteiger charge is -2.17. The molecule has 1 atom stereocenters. The standard InChI is InChI=1S/C25H25Cl2N3O3S.C2H6/c1-15(28)29-14-2-3-20(25(32)33)30-24(31)22-13-12-21(34-22)23(16-4-8-18(26)9-5-16)17-6-10-19(27)11-7-17;1-2/h4-13,20,23H,2-3,14H2,1H3,(H2,28,29)(H,30,31)(H,32,33);1-2H3. The molecule has 1 amide bonds. The highest BCUT2D eigenvalue weighted by atomic mass is 35.5. The zero-order chi connectivity index (χ0) is 26.7. The molecular weight excluding hydrogens is 517 g/mol. The number of nitrogens with zero attached hydrogens (tertiary/aromatic N) is 1. The second-order valence-electron chi connectivity index (χ2n) is 7.77. The molecule has 0 fully saturated rings. The molecule has 0 aliphatic rings. The average molecular weight is 549 g/mol. The van der Waals surface area contributed by atoms with E-state index in [1.165, 1.54) is 11.3 Å². The fourth-order valence-electron chi connectivity index (χ4n) is 3.50. The average Bonchev–Trinajstić information content (AvgIpc) is 3.34. The molecule has 0 saturated carbocycles. The van der Waals surface area contributed by atoms with Gasteiger partial charge in [-0.05, 0) is 67.3 Å². The van der Waals surface area contributed by atoms with Gasteiger partial charge in [-0.2, -0.15) is 0 Å². The maximum Gasteiger partial charge on any atom is 0.326 e. The second kappa shape index (κ2) is 14.6. The monoisotopic (exact) mass is 547 g/mol. The number of amides is 1. The molecule has 1 heterocycles. The van der Waals surface area contributed by atoms with Crippen LogP contribution in [0.2, 0.25) is 10.0 Å². The van der Waals surface area contributed by atoms with Crippen molar-refractivity contribution in [1.29, 1.82) is 0 Å². The highest BCUT2D eigenvalue weighted by molar-refractivity contribution is 7.14. The van der Waals surface area contributed by atoms with Gasteiger partial charge in [0.05, 0.1) is 10.7 Å². The minimum atomic E-state index is -1.08. The summed E-state index contributed by atoms with van der Waals surface area (Å²) in [6.45, 7) is 6.08. The number of aliphatic imine (C=N–C) groups is 1. The third-order valence-electron chi connectivity index (χ3n) is 5.16. The maximum atomic E-state index is 12.9. The van der Waals surface area contributed by atoms with Gasteiger partial charge in [-0.15, -0.1) is 11.3 Å². The Bertz CT molecular complexity index is 1110. The first-order valence-corrected chi connectivity index (χ1v) is 13.2. The van der Waals surface area contributed by atoms with Gasteiger partial charge in [0.25, 0.3) is 5.91 Å². The van der Waals surface area contributed by atoms with Crippen molar-refractivity contribution in [3.63, 3.8) is 0 Å². The van der Waals surface area contributed by atoms with Gasteiger partial charge in [0, 0.05) is 27.4 Å². The van der Waals surface area contributed by atoms with Gasteiger partial charge in [-0.1, -0.05) is 61.3 Å². The van der Waals surface area contributed by atoms with Crippen molar-refractivity contribution in [3.8, 4) is 0 Å². The summed E-state index contributed by atoms with van der Waals surface area (Å²) in [7, 11) is 0. The summed E-state index contributed by atoms with van der Waals surface area (Å²) >= 11 is 13.5. The van der Waals surface area contributed by atoms with Crippen molar-refractivity contribution in [2.45, 2.75) is 45.6 Å². The zero-order valence-corrected chi connectivity index (χ0v) is 22.8.